The maximum atomic E-state index is 9.63. The molecular formula is C12H14N4O. The molecule has 1 atom stereocenters. The number of aromatic nitrogens is 2. The fraction of sp³-hybridized carbons (Fsp3) is 0.333. The summed E-state index contributed by atoms with van der Waals surface area (Å²) in [7, 11) is 0. The Morgan fingerprint density at radius 1 is 1.47 bits per heavy atom. The van der Waals surface area contributed by atoms with Crippen molar-refractivity contribution >= 4 is 11.0 Å². The summed E-state index contributed by atoms with van der Waals surface area (Å²) in [6.07, 6.45) is -0.392. The smallest absolute Gasteiger partial charge is 0.124 e. The van der Waals surface area contributed by atoms with E-state index in [1.807, 2.05) is 28.8 Å². The number of nitrogens with zero attached hydrogens (tertiary/aromatic N) is 3. The molecule has 5 nitrogen and oxygen atoms in total. The average molecular weight is 230 g/mol. The average Bonchev–Trinajstić information content (AvgIpc) is 2.68. The molecule has 0 bridgehead atoms. The number of hydrogen-bond donors (Lipinski definition) is 2. The van der Waals surface area contributed by atoms with E-state index in [1.165, 1.54) is 0 Å². The van der Waals surface area contributed by atoms with Gasteiger partial charge in [0, 0.05) is 6.54 Å². The minimum Gasteiger partial charge on any atom is -0.390 e. The van der Waals surface area contributed by atoms with Crippen LogP contribution < -0.4 is 5.73 Å². The summed E-state index contributed by atoms with van der Waals surface area (Å²) in [5.41, 5.74) is 7.16. The second-order valence-electron chi connectivity index (χ2n) is 3.85. The lowest BCUT2D eigenvalue weighted by Gasteiger charge is -2.11. The predicted octanol–water partition coefficient (Wildman–Crippen LogP) is 0.422. The molecule has 0 fully saturated rings. The van der Waals surface area contributed by atoms with Crippen LogP contribution in [0.3, 0.4) is 0 Å². The zero-order valence-electron chi connectivity index (χ0n) is 9.37. The summed E-state index contributed by atoms with van der Waals surface area (Å²) >= 11 is 0. The SMILES string of the molecule is N#CCc1nc2ccccc2n1C[C@@H](O)CN. The topological polar surface area (TPSA) is 87.9 Å². The van der Waals surface area contributed by atoms with Crippen LogP contribution in [0.2, 0.25) is 0 Å². The number of nitrogens with two attached hydrogens (primary N) is 1. The molecule has 5 heteroatoms. The van der Waals surface area contributed by atoms with E-state index in [0.29, 0.717) is 12.4 Å². The van der Waals surface area contributed by atoms with Crippen molar-refractivity contribution in [1.29, 1.82) is 5.26 Å². The number of aliphatic hydroxyl groups is 1. The first-order valence-electron chi connectivity index (χ1n) is 5.45. The Kier molecular flexibility index (Phi) is 3.38. The van der Waals surface area contributed by atoms with Gasteiger partial charge in [-0.3, -0.25) is 0 Å². The third-order valence-electron chi connectivity index (χ3n) is 2.64. The van der Waals surface area contributed by atoms with E-state index >= 15 is 0 Å². The van der Waals surface area contributed by atoms with Crippen LogP contribution in [-0.2, 0) is 13.0 Å². The highest BCUT2D eigenvalue weighted by molar-refractivity contribution is 5.76. The van der Waals surface area contributed by atoms with Crippen molar-refractivity contribution in [2.75, 3.05) is 6.54 Å². The summed E-state index contributed by atoms with van der Waals surface area (Å²) in [5, 5.41) is 18.4. The van der Waals surface area contributed by atoms with Crippen molar-refractivity contribution in [2.24, 2.45) is 5.73 Å². The number of aliphatic hydroxyl groups excluding tert-OH is 1. The highest BCUT2D eigenvalue weighted by Crippen LogP contribution is 2.16. The van der Waals surface area contributed by atoms with Gasteiger partial charge in [-0.25, -0.2) is 4.98 Å². The number of imidazole rings is 1. The highest BCUT2D eigenvalue weighted by Gasteiger charge is 2.12. The predicted molar refractivity (Wildman–Crippen MR) is 64.1 cm³/mol. The minimum absolute atomic E-state index is 0.193. The molecule has 0 aliphatic heterocycles. The van der Waals surface area contributed by atoms with Crippen molar-refractivity contribution in [1.82, 2.24) is 9.55 Å². The summed E-state index contributed by atoms with van der Waals surface area (Å²) < 4.78 is 1.86. The third-order valence-corrected chi connectivity index (χ3v) is 2.64. The molecule has 2 aromatic rings. The summed E-state index contributed by atoms with van der Waals surface area (Å²) in [6.45, 7) is 0.562. The molecule has 0 unspecified atom stereocenters. The Morgan fingerprint density at radius 2 is 2.24 bits per heavy atom. The summed E-state index contributed by atoms with van der Waals surface area (Å²) in [4.78, 5) is 4.38. The molecule has 0 saturated carbocycles. The Hall–Kier alpha value is -1.90. The van der Waals surface area contributed by atoms with Crippen LogP contribution in [0, 0.1) is 11.3 Å². The van der Waals surface area contributed by atoms with Gasteiger partial charge in [-0.05, 0) is 12.1 Å². The van der Waals surface area contributed by atoms with Gasteiger partial charge in [0.05, 0.1) is 36.2 Å². The Bertz CT molecular complexity index is 555. The lowest BCUT2D eigenvalue weighted by Crippen LogP contribution is -2.26. The third kappa shape index (κ3) is 2.28. The number of para-hydroxylation sites is 2. The molecule has 0 aliphatic carbocycles. The van der Waals surface area contributed by atoms with Crippen LogP contribution in [-0.4, -0.2) is 27.3 Å². The van der Waals surface area contributed by atoms with Gasteiger partial charge in [-0.2, -0.15) is 5.26 Å². The maximum absolute atomic E-state index is 9.63. The summed E-state index contributed by atoms with van der Waals surface area (Å²) in [5.74, 6) is 0.668. The molecule has 1 aromatic heterocycles. The van der Waals surface area contributed by atoms with Crippen molar-refractivity contribution in [2.45, 2.75) is 19.1 Å². The minimum atomic E-state index is -0.620. The van der Waals surface area contributed by atoms with E-state index in [2.05, 4.69) is 11.1 Å². The molecule has 0 aliphatic rings. The van der Waals surface area contributed by atoms with Gasteiger partial charge in [-0.1, -0.05) is 12.1 Å². The van der Waals surface area contributed by atoms with E-state index in [0.717, 1.165) is 11.0 Å². The van der Waals surface area contributed by atoms with Crippen LogP contribution in [0.5, 0.6) is 0 Å². The lowest BCUT2D eigenvalue weighted by molar-refractivity contribution is 0.162. The van der Waals surface area contributed by atoms with Gasteiger partial charge < -0.3 is 15.4 Å². The Labute approximate surface area is 99.1 Å². The van der Waals surface area contributed by atoms with Crippen LogP contribution in [0.4, 0.5) is 0 Å². The number of nitriles is 1. The molecule has 17 heavy (non-hydrogen) atoms. The normalized spacial score (nSPS) is 12.5. The molecule has 1 heterocycles. The van der Waals surface area contributed by atoms with Crippen molar-refractivity contribution in [3.8, 4) is 6.07 Å². The summed E-state index contributed by atoms with van der Waals surface area (Å²) in [6, 6.07) is 9.70. The first kappa shape index (κ1) is 11.6. The fourth-order valence-corrected chi connectivity index (χ4v) is 1.82. The van der Waals surface area contributed by atoms with E-state index in [-0.39, 0.29) is 13.0 Å². The van der Waals surface area contributed by atoms with E-state index in [4.69, 9.17) is 11.0 Å². The monoisotopic (exact) mass is 230 g/mol. The van der Waals surface area contributed by atoms with E-state index in [1.54, 1.807) is 0 Å². The van der Waals surface area contributed by atoms with Crippen molar-refractivity contribution < 1.29 is 5.11 Å². The Morgan fingerprint density at radius 3 is 2.94 bits per heavy atom. The van der Waals surface area contributed by atoms with Crippen LogP contribution in [0.15, 0.2) is 24.3 Å². The standard InChI is InChI=1S/C12H14N4O/c13-6-5-12-15-10-3-1-2-4-11(10)16(12)8-9(17)7-14/h1-4,9,17H,5,7-8,14H2/t9-/m0/s1. The van der Waals surface area contributed by atoms with Crippen LogP contribution in [0.1, 0.15) is 5.82 Å². The van der Waals surface area contributed by atoms with E-state index in [9.17, 15) is 5.11 Å². The quantitative estimate of drug-likeness (QED) is 0.796. The fourth-order valence-electron chi connectivity index (χ4n) is 1.82. The number of fused-ring (bicyclic) bond motifs is 1. The van der Waals surface area contributed by atoms with Crippen LogP contribution >= 0.6 is 0 Å². The molecule has 0 spiro atoms. The number of benzene rings is 1. The molecule has 3 N–H and O–H groups in total. The second-order valence-corrected chi connectivity index (χ2v) is 3.85. The lowest BCUT2D eigenvalue weighted by atomic mass is 10.3. The number of rotatable bonds is 4. The van der Waals surface area contributed by atoms with Crippen molar-refractivity contribution in [3.05, 3.63) is 30.1 Å². The molecule has 2 rings (SSSR count). The number of hydrogen-bond acceptors (Lipinski definition) is 4. The van der Waals surface area contributed by atoms with Gasteiger partial charge >= 0.3 is 0 Å². The van der Waals surface area contributed by atoms with Gasteiger partial charge in [0.2, 0.25) is 0 Å². The van der Waals surface area contributed by atoms with Gasteiger partial charge in [0.1, 0.15) is 5.82 Å². The zero-order chi connectivity index (χ0) is 12.3. The largest absolute Gasteiger partial charge is 0.390 e. The second kappa shape index (κ2) is 4.95. The molecule has 0 radical (unpaired) electrons. The zero-order valence-corrected chi connectivity index (χ0v) is 9.37. The van der Waals surface area contributed by atoms with Gasteiger partial charge in [-0.15, -0.1) is 0 Å². The van der Waals surface area contributed by atoms with Crippen molar-refractivity contribution in [3.63, 3.8) is 0 Å². The molecule has 88 valence electrons. The van der Waals surface area contributed by atoms with Gasteiger partial charge in [0.15, 0.2) is 0 Å². The maximum Gasteiger partial charge on any atom is 0.124 e. The van der Waals surface area contributed by atoms with E-state index < -0.39 is 6.10 Å². The van der Waals surface area contributed by atoms with Crippen LogP contribution in [0.25, 0.3) is 11.0 Å². The molecule has 0 amide bonds. The van der Waals surface area contributed by atoms with Gasteiger partial charge in [0.25, 0.3) is 0 Å². The molecule has 1 aromatic carbocycles. The highest BCUT2D eigenvalue weighted by atomic mass is 16.3. The first-order valence-corrected chi connectivity index (χ1v) is 5.45. The molecule has 0 saturated heterocycles. The first-order chi connectivity index (χ1) is 8.26. The Balaban J connectivity index is 2.48. The molecular weight excluding hydrogens is 216 g/mol.